The number of hydrogen-bond acceptors (Lipinski definition) is 4. The lowest BCUT2D eigenvalue weighted by Crippen LogP contribution is -2.11. The molecule has 0 aliphatic heterocycles. The second kappa shape index (κ2) is 4.96. The molecule has 4 heteroatoms. The largest absolute Gasteiger partial charge is 0.474 e. The maximum Gasteiger partial charge on any atom is 0.236 e. The first kappa shape index (κ1) is 11.8. The van der Waals surface area contributed by atoms with Crippen LogP contribution in [0.5, 0.6) is 11.8 Å². The number of aryl methyl sites for hydroxylation is 1. The molecule has 0 aromatic carbocycles. The lowest BCUT2D eigenvalue weighted by Gasteiger charge is -2.12. The van der Waals surface area contributed by atoms with Gasteiger partial charge in [0.25, 0.3) is 0 Å². The van der Waals surface area contributed by atoms with E-state index in [-0.39, 0.29) is 12.2 Å². The summed E-state index contributed by atoms with van der Waals surface area (Å²) < 4.78 is 10.9. The molecule has 1 aromatic rings. The molecule has 1 rings (SSSR count). The first-order valence-corrected chi connectivity index (χ1v) is 5.16. The van der Waals surface area contributed by atoms with Crippen LogP contribution in [0.1, 0.15) is 33.3 Å². The van der Waals surface area contributed by atoms with Crippen LogP contribution in [0.4, 0.5) is 0 Å². The fraction of sp³-hybridized carbons (Fsp3) is 0.636. The van der Waals surface area contributed by atoms with Crippen molar-refractivity contribution in [2.45, 2.75) is 46.8 Å². The summed E-state index contributed by atoms with van der Waals surface area (Å²) >= 11 is 0. The van der Waals surface area contributed by atoms with Crippen LogP contribution in [-0.2, 0) is 0 Å². The van der Waals surface area contributed by atoms with Gasteiger partial charge < -0.3 is 9.47 Å². The number of nitrogens with zero attached hydrogens (tertiary/aromatic N) is 2. The van der Waals surface area contributed by atoms with Crippen molar-refractivity contribution in [1.82, 2.24) is 10.2 Å². The van der Waals surface area contributed by atoms with Crippen LogP contribution < -0.4 is 9.47 Å². The van der Waals surface area contributed by atoms with E-state index in [2.05, 4.69) is 10.2 Å². The third kappa shape index (κ3) is 3.73. The zero-order valence-corrected chi connectivity index (χ0v) is 9.94. The van der Waals surface area contributed by atoms with Crippen LogP contribution in [0.2, 0.25) is 0 Å². The molecule has 1 aromatic heterocycles. The second-order valence-corrected chi connectivity index (χ2v) is 4.00. The van der Waals surface area contributed by atoms with Crippen molar-refractivity contribution in [2.75, 3.05) is 0 Å². The molecular formula is C11H18N2O2. The van der Waals surface area contributed by atoms with Crippen molar-refractivity contribution in [1.29, 1.82) is 0 Å². The van der Waals surface area contributed by atoms with Gasteiger partial charge in [-0.2, -0.15) is 0 Å². The van der Waals surface area contributed by atoms with Gasteiger partial charge >= 0.3 is 0 Å². The topological polar surface area (TPSA) is 44.2 Å². The van der Waals surface area contributed by atoms with E-state index in [1.165, 1.54) is 0 Å². The standard InChI is InChI=1S/C11H18N2O2/c1-7(2)14-10-6-9(5)11(13-12-10)15-8(3)4/h6-8H,1-5H3. The predicted molar refractivity (Wildman–Crippen MR) is 58.3 cm³/mol. The van der Waals surface area contributed by atoms with E-state index in [1.807, 2.05) is 40.7 Å². The Morgan fingerprint density at radius 2 is 1.60 bits per heavy atom. The Balaban J connectivity index is 2.78. The molecule has 0 unspecified atom stereocenters. The Morgan fingerprint density at radius 3 is 2.07 bits per heavy atom. The summed E-state index contributed by atoms with van der Waals surface area (Å²) in [6.45, 7) is 9.75. The Bertz CT molecular complexity index is 324. The van der Waals surface area contributed by atoms with E-state index in [1.54, 1.807) is 0 Å². The molecule has 0 spiro atoms. The van der Waals surface area contributed by atoms with Gasteiger partial charge in [-0.1, -0.05) is 0 Å². The molecule has 0 radical (unpaired) electrons. The summed E-state index contributed by atoms with van der Waals surface area (Å²) in [6.07, 6.45) is 0.213. The normalized spacial score (nSPS) is 10.9. The van der Waals surface area contributed by atoms with Crippen LogP contribution in [0.25, 0.3) is 0 Å². The molecule has 84 valence electrons. The maximum atomic E-state index is 5.48. The van der Waals surface area contributed by atoms with E-state index in [0.717, 1.165) is 5.56 Å². The van der Waals surface area contributed by atoms with Gasteiger partial charge in [0.05, 0.1) is 12.2 Å². The van der Waals surface area contributed by atoms with Gasteiger partial charge in [0, 0.05) is 11.6 Å². The minimum atomic E-state index is 0.106. The number of hydrogen-bond donors (Lipinski definition) is 0. The quantitative estimate of drug-likeness (QED) is 0.765. The minimum Gasteiger partial charge on any atom is -0.474 e. The fourth-order valence-corrected chi connectivity index (χ4v) is 1.09. The summed E-state index contributed by atoms with van der Waals surface area (Å²) in [7, 11) is 0. The van der Waals surface area contributed by atoms with Gasteiger partial charge in [0.2, 0.25) is 11.8 Å². The molecule has 0 aliphatic carbocycles. The lowest BCUT2D eigenvalue weighted by atomic mass is 10.3. The fourth-order valence-electron chi connectivity index (χ4n) is 1.09. The van der Waals surface area contributed by atoms with E-state index < -0.39 is 0 Å². The Labute approximate surface area is 90.6 Å². The Hall–Kier alpha value is -1.32. The zero-order valence-electron chi connectivity index (χ0n) is 9.94. The first-order valence-electron chi connectivity index (χ1n) is 5.16. The number of rotatable bonds is 4. The van der Waals surface area contributed by atoms with Crippen molar-refractivity contribution in [3.63, 3.8) is 0 Å². The lowest BCUT2D eigenvalue weighted by molar-refractivity contribution is 0.213. The maximum absolute atomic E-state index is 5.48. The highest BCUT2D eigenvalue weighted by Gasteiger charge is 2.07. The smallest absolute Gasteiger partial charge is 0.236 e. The monoisotopic (exact) mass is 210 g/mol. The summed E-state index contributed by atoms with van der Waals surface area (Å²) in [5.74, 6) is 1.11. The van der Waals surface area contributed by atoms with Crippen LogP contribution in [0, 0.1) is 6.92 Å². The third-order valence-corrected chi connectivity index (χ3v) is 1.62. The molecular weight excluding hydrogens is 192 g/mol. The average Bonchev–Trinajstić information content (AvgIpc) is 2.08. The highest BCUT2D eigenvalue weighted by atomic mass is 16.5. The van der Waals surface area contributed by atoms with Crippen molar-refractivity contribution in [2.24, 2.45) is 0 Å². The molecule has 15 heavy (non-hydrogen) atoms. The molecule has 0 atom stereocenters. The minimum absolute atomic E-state index is 0.106. The van der Waals surface area contributed by atoms with Gasteiger partial charge in [0.1, 0.15) is 0 Å². The van der Waals surface area contributed by atoms with E-state index >= 15 is 0 Å². The van der Waals surface area contributed by atoms with Gasteiger partial charge in [-0.3, -0.25) is 0 Å². The van der Waals surface area contributed by atoms with Crippen LogP contribution in [0.15, 0.2) is 6.07 Å². The highest BCUT2D eigenvalue weighted by Crippen LogP contribution is 2.18. The van der Waals surface area contributed by atoms with Crippen molar-refractivity contribution in [3.8, 4) is 11.8 Å². The van der Waals surface area contributed by atoms with Crippen molar-refractivity contribution >= 4 is 0 Å². The number of aromatic nitrogens is 2. The Morgan fingerprint density at radius 1 is 1.00 bits per heavy atom. The summed E-state index contributed by atoms with van der Waals surface area (Å²) in [5.41, 5.74) is 0.939. The van der Waals surface area contributed by atoms with E-state index in [0.29, 0.717) is 11.8 Å². The predicted octanol–water partition coefficient (Wildman–Crippen LogP) is 2.36. The zero-order chi connectivity index (χ0) is 11.4. The third-order valence-electron chi connectivity index (χ3n) is 1.62. The summed E-state index contributed by atoms with van der Waals surface area (Å²) in [5, 5.41) is 7.91. The van der Waals surface area contributed by atoms with Gasteiger partial charge in [-0.15, -0.1) is 10.2 Å². The van der Waals surface area contributed by atoms with Crippen LogP contribution in [-0.4, -0.2) is 22.4 Å². The average molecular weight is 210 g/mol. The summed E-state index contributed by atoms with van der Waals surface area (Å²) in [6, 6.07) is 1.84. The highest BCUT2D eigenvalue weighted by molar-refractivity contribution is 5.27. The van der Waals surface area contributed by atoms with E-state index in [4.69, 9.17) is 9.47 Å². The number of ether oxygens (including phenoxy) is 2. The molecule has 0 fully saturated rings. The molecule has 1 heterocycles. The van der Waals surface area contributed by atoms with E-state index in [9.17, 15) is 0 Å². The first-order chi connectivity index (χ1) is 6.99. The van der Waals surface area contributed by atoms with Gasteiger partial charge in [-0.25, -0.2) is 0 Å². The van der Waals surface area contributed by atoms with Gasteiger partial charge in [0.15, 0.2) is 0 Å². The van der Waals surface area contributed by atoms with Gasteiger partial charge in [-0.05, 0) is 34.6 Å². The molecule has 4 nitrogen and oxygen atoms in total. The molecule has 0 aliphatic rings. The van der Waals surface area contributed by atoms with Crippen molar-refractivity contribution in [3.05, 3.63) is 11.6 Å². The molecule has 0 N–H and O–H groups in total. The SMILES string of the molecule is Cc1cc(OC(C)C)nnc1OC(C)C. The van der Waals surface area contributed by atoms with Crippen LogP contribution >= 0.6 is 0 Å². The van der Waals surface area contributed by atoms with Crippen molar-refractivity contribution < 1.29 is 9.47 Å². The Kier molecular flexibility index (Phi) is 3.88. The molecule has 0 amide bonds. The molecule has 0 bridgehead atoms. The molecule has 0 saturated heterocycles. The second-order valence-electron chi connectivity index (χ2n) is 4.00. The summed E-state index contributed by atoms with van der Waals surface area (Å²) in [4.78, 5) is 0. The van der Waals surface area contributed by atoms with Crippen LogP contribution in [0.3, 0.4) is 0 Å². The molecule has 0 saturated carbocycles.